The third-order valence-electron chi connectivity index (χ3n) is 5.82. The summed E-state index contributed by atoms with van der Waals surface area (Å²) >= 11 is 0. The summed E-state index contributed by atoms with van der Waals surface area (Å²) in [6, 6.07) is 7.19. The molecule has 0 bridgehead atoms. The lowest BCUT2D eigenvalue weighted by molar-refractivity contribution is -0.147. The molecule has 1 aromatic carbocycles. The van der Waals surface area contributed by atoms with Crippen LogP contribution in [0.3, 0.4) is 0 Å². The first kappa shape index (κ1) is 22.1. The zero-order valence-electron chi connectivity index (χ0n) is 17.7. The number of carbonyl (C=O) groups is 3. The SMILES string of the molecule is CCS(=O)(=O)N1CCc2cc(C(=O)COC(=O)C3CCCN3C(=O)c3ccco3)ccc21. The van der Waals surface area contributed by atoms with Crippen molar-refractivity contribution in [3.05, 3.63) is 53.5 Å². The van der Waals surface area contributed by atoms with Gasteiger partial charge in [-0.15, -0.1) is 0 Å². The molecule has 4 rings (SSSR count). The van der Waals surface area contributed by atoms with Gasteiger partial charge >= 0.3 is 5.97 Å². The number of rotatable bonds is 7. The van der Waals surface area contributed by atoms with Crippen LogP contribution in [0.15, 0.2) is 41.0 Å². The van der Waals surface area contributed by atoms with Crippen LogP contribution >= 0.6 is 0 Å². The summed E-state index contributed by atoms with van der Waals surface area (Å²) in [5.74, 6) is -1.25. The molecule has 0 radical (unpaired) electrons. The molecular weight excluding hydrogens is 436 g/mol. The molecule has 0 saturated carbocycles. The van der Waals surface area contributed by atoms with Gasteiger partial charge in [0.2, 0.25) is 10.0 Å². The minimum Gasteiger partial charge on any atom is -0.459 e. The van der Waals surface area contributed by atoms with E-state index >= 15 is 0 Å². The predicted octanol–water partition coefficient (Wildman–Crippen LogP) is 2.02. The topological polar surface area (TPSA) is 114 Å². The highest BCUT2D eigenvalue weighted by Crippen LogP contribution is 2.31. The van der Waals surface area contributed by atoms with E-state index in [1.807, 2.05) is 0 Å². The first-order chi connectivity index (χ1) is 15.3. The van der Waals surface area contributed by atoms with Crippen molar-refractivity contribution in [2.45, 2.75) is 32.2 Å². The van der Waals surface area contributed by atoms with Crippen LogP contribution in [0.4, 0.5) is 5.69 Å². The van der Waals surface area contributed by atoms with E-state index in [0.29, 0.717) is 43.6 Å². The van der Waals surface area contributed by atoms with Gasteiger partial charge in [-0.05, 0) is 62.1 Å². The van der Waals surface area contributed by atoms with Crippen molar-refractivity contribution in [3.63, 3.8) is 0 Å². The Morgan fingerprint density at radius 2 is 2.00 bits per heavy atom. The van der Waals surface area contributed by atoms with Crippen LogP contribution in [-0.4, -0.2) is 62.5 Å². The van der Waals surface area contributed by atoms with Gasteiger partial charge in [0, 0.05) is 18.7 Å². The van der Waals surface area contributed by atoms with E-state index < -0.39 is 28.6 Å². The first-order valence-corrected chi connectivity index (χ1v) is 12.1. The summed E-state index contributed by atoms with van der Waals surface area (Å²) in [5.41, 5.74) is 1.70. The molecule has 0 spiro atoms. The Morgan fingerprint density at radius 1 is 1.19 bits per heavy atom. The molecule has 1 aromatic heterocycles. The quantitative estimate of drug-likeness (QED) is 0.459. The van der Waals surface area contributed by atoms with Gasteiger partial charge in [-0.1, -0.05) is 0 Å². The zero-order valence-corrected chi connectivity index (χ0v) is 18.5. The summed E-state index contributed by atoms with van der Waals surface area (Å²) in [6.07, 6.45) is 3.02. The van der Waals surface area contributed by atoms with Crippen LogP contribution in [0.2, 0.25) is 0 Å². The monoisotopic (exact) mass is 460 g/mol. The van der Waals surface area contributed by atoms with Gasteiger partial charge in [0.25, 0.3) is 5.91 Å². The normalized spacial score (nSPS) is 18.0. The molecule has 0 N–H and O–H groups in total. The fourth-order valence-corrected chi connectivity index (χ4v) is 5.26. The van der Waals surface area contributed by atoms with Crippen molar-refractivity contribution < 1.29 is 32.0 Å². The van der Waals surface area contributed by atoms with E-state index in [0.717, 1.165) is 5.56 Å². The maximum absolute atomic E-state index is 12.6. The molecule has 32 heavy (non-hydrogen) atoms. The predicted molar refractivity (Wildman–Crippen MR) is 115 cm³/mol. The van der Waals surface area contributed by atoms with Crippen molar-refractivity contribution in [2.75, 3.05) is 29.8 Å². The molecule has 2 aliphatic rings. The van der Waals surface area contributed by atoms with Gasteiger partial charge in [0.05, 0.1) is 17.7 Å². The molecule has 0 aliphatic carbocycles. The Bertz CT molecular complexity index is 1140. The summed E-state index contributed by atoms with van der Waals surface area (Å²) in [6.45, 7) is 1.90. The van der Waals surface area contributed by atoms with E-state index in [1.54, 1.807) is 31.2 Å². The van der Waals surface area contributed by atoms with Gasteiger partial charge in [0.15, 0.2) is 18.2 Å². The number of ether oxygens (including phenoxy) is 1. The molecule has 1 amide bonds. The lowest BCUT2D eigenvalue weighted by Gasteiger charge is -2.22. The number of hydrogen-bond donors (Lipinski definition) is 0. The van der Waals surface area contributed by atoms with Crippen LogP contribution in [0.25, 0.3) is 0 Å². The number of amides is 1. The van der Waals surface area contributed by atoms with E-state index in [2.05, 4.69) is 0 Å². The maximum Gasteiger partial charge on any atom is 0.329 e. The Labute approximate surface area is 186 Å². The summed E-state index contributed by atoms with van der Waals surface area (Å²) < 4.78 is 36.1. The van der Waals surface area contributed by atoms with Crippen molar-refractivity contribution >= 4 is 33.4 Å². The molecular formula is C22H24N2O7S. The largest absolute Gasteiger partial charge is 0.459 e. The number of ketones is 1. The smallest absolute Gasteiger partial charge is 0.329 e. The average Bonchev–Trinajstić information content (AvgIpc) is 3.56. The molecule has 2 aliphatic heterocycles. The molecule has 170 valence electrons. The highest BCUT2D eigenvalue weighted by Gasteiger charge is 2.37. The number of likely N-dealkylation sites (tertiary alicyclic amines) is 1. The zero-order chi connectivity index (χ0) is 22.9. The molecule has 10 heteroatoms. The highest BCUT2D eigenvalue weighted by atomic mass is 32.2. The number of anilines is 1. The summed E-state index contributed by atoms with van der Waals surface area (Å²) in [5, 5.41) is 0. The van der Waals surface area contributed by atoms with Gasteiger partial charge in [-0.2, -0.15) is 0 Å². The van der Waals surface area contributed by atoms with Gasteiger partial charge in [-0.3, -0.25) is 13.9 Å². The van der Waals surface area contributed by atoms with Crippen LogP contribution in [0.5, 0.6) is 0 Å². The fourth-order valence-electron chi connectivity index (χ4n) is 4.10. The summed E-state index contributed by atoms with van der Waals surface area (Å²) in [7, 11) is -3.36. The lowest BCUT2D eigenvalue weighted by atomic mass is 10.1. The highest BCUT2D eigenvalue weighted by molar-refractivity contribution is 7.92. The standard InChI is InChI=1S/C22H24N2O7S/c1-2-32(28,29)24-11-9-15-13-16(7-8-17(15)24)19(25)14-31-22(27)18-5-3-10-23(18)21(26)20-6-4-12-30-20/h4,6-8,12-13,18H,2-3,5,9-11,14H2,1H3. The van der Waals surface area contributed by atoms with Crippen molar-refractivity contribution in [3.8, 4) is 0 Å². The van der Waals surface area contributed by atoms with Crippen molar-refractivity contribution in [2.24, 2.45) is 0 Å². The number of esters is 1. The number of carbonyl (C=O) groups excluding carboxylic acids is 3. The lowest BCUT2D eigenvalue weighted by Crippen LogP contribution is -2.41. The fraction of sp³-hybridized carbons (Fsp3) is 0.409. The Morgan fingerprint density at radius 3 is 2.72 bits per heavy atom. The van der Waals surface area contributed by atoms with Crippen LogP contribution in [0.1, 0.15) is 46.2 Å². The third kappa shape index (κ3) is 4.14. The van der Waals surface area contributed by atoms with E-state index in [-0.39, 0.29) is 23.2 Å². The number of sulfonamides is 1. The Balaban J connectivity index is 1.39. The van der Waals surface area contributed by atoms with Crippen molar-refractivity contribution in [1.82, 2.24) is 4.90 Å². The Hall–Kier alpha value is -3.14. The number of Topliss-reactive ketones (excluding diaryl/α,β-unsaturated/α-hetero) is 1. The number of hydrogen-bond acceptors (Lipinski definition) is 7. The van der Waals surface area contributed by atoms with Crippen molar-refractivity contribution in [1.29, 1.82) is 0 Å². The molecule has 1 unspecified atom stereocenters. The van der Waals surface area contributed by atoms with E-state index in [9.17, 15) is 22.8 Å². The van der Waals surface area contributed by atoms with E-state index in [4.69, 9.17) is 9.15 Å². The van der Waals surface area contributed by atoms with Crippen LogP contribution in [-0.2, 0) is 26.0 Å². The third-order valence-corrected chi connectivity index (χ3v) is 7.60. The number of furan rings is 1. The Kier molecular flexibility index (Phi) is 6.05. The number of benzene rings is 1. The summed E-state index contributed by atoms with van der Waals surface area (Å²) in [4.78, 5) is 39.1. The van der Waals surface area contributed by atoms with Crippen LogP contribution in [0, 0.1) is 0 Å². The molecule has 1 atom stereocenters. The first-order valence-electron chi connectivity index (χ1n) is 10.5. The van der Waals surface area contributed by atoms with Crippen LogP contribution < -0.4 is 4.31 Å². The second-order valence-corrected chi connectivity index (χ2v) is 9.91. The molecule has 1 fully saturated rings. The van der Waals surface area contributed by atoms with Gasteiger partial charge in [-0.25, -0.2) is 13.2 Å². The molecule has 3 heterocycles. The number of fused-ring (bicyclic) bond motifs is 1. The second kappa shape index (κ2) is 8.78. The molecule has 1 saturated heterocycles. The average molecular weight is 461 g/mol. The second-order valence-electron chi connectivity index (χ2n) is 7.73. The minimum atomic E-state index is -3.36. The van der Waals surface area contributed by atoms with Gasteiger partial charge in [0.1, 0.15) is 6.04 Å². The maximum atomic E-state index is 12.6. The molecule has 9 nitrogen and oxygen atoms in total. The van der Waals surface area contributed by atoms with E-state index in [1.165, 1.54) is 21.5 Å². The minimum absolute atomic E-state index is 0.00365. The molecule has 2 aromatic rings. The number of nitrogens with zero attached hydrogens (tertiary/aromatic N) is 2. The van der Waals surface area contributed by atoms with Gasteiger partial charge < -0.3 is 14.1 Å².